The Balaban J connectivity index is 1.54. The van der Waals surface area contributed by atoms with Crippen LogP contribution in [0.1, 0.15) is 29.3 Å². The maximum Gasteiger partial charge on any atom is 0.417 e. The van der Waals surface area contributed by atoms with Crippen molar-refractivity contribution in [3.05, 3.63) is 53.7 Å². The van der Waals surface area contributed by atoms with Crippen molar-refractivity contribution in [2.45, 2.75) is 19.5 Å². The number of pyridine rings is 1. The molecule has 1 N–H and O–H groups in total. The Morgan fingerprint density at radius 1 is 1.09 bits per heavy atom. The lowest BCUT2D eigenvalue weighted by atomic mass is 10.2. The number of ether oxygens (including phenoxy) is 1. The van der Waals surface area contributed by atoms with Gasteiger partial charge in [-0.25, -0.2) is 4.98 Å². The number of nitrogens with one attached hydrogen (secondary N) is 1. The molecule has 1 aliphatic heterocycles. The van der Waals surface area contributed by atoms with E-state index in [-0.39, 0.29) is 12.5 Å². The summed E-state index contributed by atoms with van der Waals surface area (Å²) in [5, 5.41) is 2.64. The van der Waals surface area contributed by atoms with E-state index in [1.807, 2.05) is 11.8 Å². The van der Waals surface area contributed by atoms with Crippen molar-refractivity contribution < 1.29 is 27.5 Å². The lowest BCUT2D eigenvalue weighted by Crippen LogP contribution is -2.42. The van der Waals surface area contributed by atoms with Crippen LogP contribution >= 0.6 is 0 Å². The lowest BCUT2D eigenvalue weighted by molar-refractivity contribution is -0.137. The average molecular weight is 450 g/mol. The summed E-state index contributed by atoms with van der Waals surface area (Å²) < 4.78 is 43.6. The number of carbonyl (C=O) groups excluding carboxylic acids is 2. The second-order valence-electron chi connectivity index (χ2n) is 7.24. The summed E-state index contributed by atoms with van der Waals surface area (Å²) in [6, 6.07) is 9.16. The summed E-state index contributed by atoms with van der Waals surface area (Å²) in [6.07, 6.45) is -2.98. The molecule has 0 radical (unpaired) electrons. The second kappa shape index (κ2) is 10.3. The molecule has 1 saturated heterocycles. The van der Waals surface area contributed by atoms with E-state index >= 15 is 0 Å². The summed E-state index contributed by atoms with van der Waals surface area (Å²) in [6.45, 7) is 3.95. The number of para-hydroxylation sites is 1. The molecular weight excluding hydrogens is 425 g/mol. The van der Waals surface area contributed by atoms with Crippen molar-refractivity contribution >= 4 is 17.6 Å². The van der Waals surface area contributed by atoms with Gasteiger partial charge in [0.1, 0.15) is 11.6 Å². The third-order valence-corrected chi connectivity index (χ3v) is 5.08. The topological polar surface area (TPSA) is 74.8 Å². The highest BCUT2D eigenvalue weighted by atomic mass is 19.4. The van der Waals surface area contributed by atoms with Gasteiger partial charge in [-0.05, 0) is 37.6 Å². The van der Waals surface area contributed by atoms with E-state index in [0.29, 0.717) is 56.3 Å². The first kappa shape index (κ1) is 23.4. The van der Waals surface area contributed by atoms with E-state index in [0.717, 1.165) is 12.3 Å². The third kappa shape index (κ3) is 5.89. The van der Waals surface area contributed by atoms with Crippen LogP contribution in [-0.2, 0) is 11.0 Å². The fourth-order valence-electron chi connectivity index (χ4n) is 3.44. The molecule has 0 spiro atoms. The molecule has 0 bridgehead atoms. The Hall–Kier alpha value is -3.30. The fraction of sp³-hybridized carbons (Fsp3) is 0.409. The van der Waals surface area contributed by atoms with Crippen LogP contribution in [0.5, 0.6) is 5.75 Å². The minimum absolute atomic E-state index is 0.155. The molecule has 1 aromatic carbocycles. The quantitative estimate of drug-likeness (QED) is 0.733. The molecule has 2 amide bonds. The SMILES string of the molecule is CCOc1ccccc1C(=O)NCC(=O)N1CCCN(c2ccc(C(F)(F)F)cn2)CC1. The highest BCUT2D eigenvalue weighted by Crippen LogP contribution is 2.29. The van der Waals surface area contributed by atoms with Crippen LogP contribution in [0.3, 0.4) is 0 Å². The summed E-state index contributed by atoms with van der Waals surface area (Å²) in [5.74, 6) is 0.268. The number of alkyl halides is 3. The fourth-order valence-corrected chi connectivity index (χ4v) is 3.44. The number of hydrogen-bond donors (Lipinski definition) is 1. The molecule has 10 heteroatoms. The number of rotatable bonds is 6. The van der Waals surface area contributed by atoms with Crippen LogP contribution in [0.15, 0.2) is 42.6 Å². The molecule has 32 heavy (non-hydrogen) atoms. The Bertz CT molecular complexity index is 935. The number of amides is 2. The first-order valence-corrected chi connectivity index (χ1v) is 10.4. The monoisotopic (exact) mass is 450 g/mol. The highest BCUT2D eigenvalue weighted by molar-refractivity contribution is 5.98. The number of carbonyl (C=O) groups is 2. The smallest absolute Gasteiger partial charge is 0.417 e. The number of anilines is 1. The van der Waals surface area contributed by atoms with Gasteiger partial charge in [0.2, 0.25) is 5.91 Å². The van der Waals surface area contributed by atoms with Gasteiger partial charge in [0, 0.05) is 32.4 Å². The van der Waals surface area contributed by atoms with Crippen LogP contribution in [0.4, 0.5) is 19.0 Å². The van der Waals surface area contributed by atoms with Crippen molar-refractivity contribution in [3.8, 4) is 5.75 Å². The van der Waals surface area contributed by atoms with Gasteiger partial charge >= 0.3 is 6.18 Å². The van der Waals surface area contributed by atoms with E-state index in [1.54, 1.807) is 29.2 Å². The van der Waals surface area contributed by atoms with E-state index in [1.165, 1.54) is 6.07 Å². The van der Waals surface area contributed by atoms with Crippen LogP contribution in [0.2, 0.25) is 0 Å². The zero-order valence-electron chi connectivity index (χ0n) is 17.7. The predicted octanol–water partition coefficient (Wildman–Crippen LogP) is 2.97. The Morgan fingerprint density at radius 3 is 2.56 bits per heavy atom. The largest absolute Gasteiger partial charge is 0.493 e. The number of hydrogen-bond acceptors (Lipinski definition) is 5. The molecule has 0 unspecified atom stereocenters. The van der Waals surface area contributed by atoms with Crippen molar-refractivity contribution in [1.29, 1.82) is 0 Å². The predicted molar refractivity (Wildman–Crippen MR) is 113 cm³/mol. The first-order chi connectivity index (χ1) is 15.3. The average Bonchev–Trinajstić information content (AvgIpc) is 3.04. The van der Waals surface area contributed by atoms with Gasteiger partial charge in [-0.15, -0.1) is 0 Å². The number of halogens is 3. The van der Waals surface area contributed by atoms with Gasteiger partial charge in [-0.1, -0.05) is 12.1 Å². The lowest BCUT2D eigenvalue weighted by Gasteiger charge is -2.23. The molecular formula is C22H25F3N4O3. The highest BCUT2D eigenvalue weighted by Gasteiger charge is 2.31. The Labute approximate surface area is 184 Å². The van der Waals surface area contributed by atoms with Crippen LogP contribution < -0.4 is 15.0 Å². The summed E-state index contributed by atoms with van der Waals surface area (Å²) in [7, 11) is 0. The van der Waals surface area contributed by atoms with Crippen molar-refractivity contribution in [3.63, 3.8) is 0 Å². The number of aromatic nitrogens is 1. The number of nitrogens with zero attached hydrogens (tertiary/aromatic N) is 3. The normalized spacial score (nSPS) is 14.6. The molecule has 3 rings (SSSR count). The standard InChI is InChI=1S/C22H25F3N4O3/c1-2-32-18-7-4-3-6-17(18)21(31)27-15-20(30)29-11-5-10-28(12-13-29)19-9-8-16(14-26-19)22(23,24)25/h3-4,6-9,14H,2,5,10-13,15H2,1H3,(H,27,31). The van der Waals surface area contributed by atoms with Crippen molar-refractivity contribution in [2.75, 3.05) is 44.2 Å². The van der Waals surface area contributed by atoms with Gasteiger partial charge in [0.05, 0.1) is 24.3 Å². The maximum atomic E-state index is 12.7. The molecule has 0 atom stereocenters. The second-order valence-corrected chi connectivity index (χ2v) is 7.24. The van der Waals surface area contributed by atoms with Gasteiger partial charge in [0.15, 0.2) is 0 Å². The van der Waals surface area contributed by atoms with Crippen LogP contribution in [0, 0.1) is 0 Å². The van der Waals surface area contributed by atoms with Gasteiger partial charge < -0.3 is 19.9 Å². The molecule has 0 saturated carbocycles. The van der Waals surface area contributed by atoms with E-state index in [2.05, 4.69) is 10.3 Å². The molecule has 1 aromatic heterocycles. The molecule has 0 aliphatic carbocycles. The maximum absolute atomic E-state index is 12.7. The molecule has 2 aromatic rings. The van der Waals surface area contributed by atoms with Crippen LogP contribution in [0.25, 0.3) is 0 Å². The Kier molecular flexibility index (Phi) is 7.55. The number of benzene rings is 1. The minimum atomic E-state index is -4.43. The Morgan fingerprint density at radius 2 is 1.88 bits per heavy atom. The van der Waals surface area contributed by atoms with E-state index in [4.69, 9.17) is 4.74 Å². The first-order valence-electron chi connectivity index (χ1n) is 10.4. The van der Waals surface area contributed by atoms with E-state index in [9.17, 15) is 22.8 Å². The minimum Gasteiger partial charge on any atom is -0.493 e. The zero-order chi connectivity index (χ0) is 23.1. The summed E-state index contributed by atoms with van der Waals surface area (Å²) in [4.78, 5) is 32.5. The third-order valence-electron chi connectivity index (χ3n) is 5.08. The molecule has 172 valence electrons. The van der Waals surface area contributed by atoms with Gasteiger partial charge in [-0.2, -0.15) is 13.2 Å². The molecule has 1 fully saturated rings. The molecule has 7 nitrogen and oxygen atoms in total. The van der Waals surface area contributed by atoms with Crippen LogP contribution in [-0.4, -0.2) is 61.0 Å². The zero-order valence-corrected chi connectivity index (χ0v) is 17.7. The van der Waals surface area contributed by atoms with Crippen molar-refractivity contribution in [1.82, 2.24) is 15.2 Å². The van der Waals surface area contributed by atoms with Crippen molar-refractivity contribution in [2.24, 2.45) is 0 Å². The summed E-state index contributed by atoms with van der Waals surface area (Å²) >= 11 is 0. The molecule has 2 heterocycles. The van der Waals surface area contributed by atoms with Gasteiger partial charge in [0.25, 0.3) is 5.91 Å². The summed E-state index contributed by atoms with van der Waals surface area (Å²) in [5.41, 5.74) is -0.438. The van der Waals surface area contributed by atoms with E-state index < -0.39 is 17.6 Å². The molecule has 1 aliphatic rings. The van der Waals surface area contributed by atoms with Gasteiger partial charge in [-0.3, -0.25) is 9.59 Å².